The molecule has 0 bridgehead atoms. The molecule has 92 valence electrons. The van der Waals surface area contributed by atoms with Crippen molar-refractivity contribution < 1.29 is 9.90 Å². The van der Waals surface area contributed by atoms with Crippen molar-refractivity contribution in [3.8, 4) is 11.8 Å². The quantitative estimate of drug-likeness (QED) is 0.591. The van der Waals surface area contributed by atoms with Crippen LogP contribution in [-0.4, -0.2) is 16.5 Å². The lowest BCUT2D eigenvalue weighted by molar-refractivity contribution is -0.112. The smallest absolute Gasteiger partial charge is 0.202 e. The second-order valence-electron chi connectivity index (χ2n) is 5.34. The van der Waals surface area contributed by atoms with Gasteiger partial charge in [-0.05, 0) is 24.7 Å². The maximum absolute atomic E-state index is 10.9. The highest BCUT2D eigenvalue weighted by molar-refractivity contribution is 5.93. The zero-order valence-electron chi connectivity index (χ0n) is 11.3. The molecule has 0 spiro atoms. The first-order valence-electron chi connectivity index (χ1n) is 5.95. The Morgan fingerprint density at radius 2 is 1.69 bits per heavy atom. The Morgan fingerprint density at radius 1 is 1.25 bits per heavy atom. The maximum Gasteiger partial charge on any atom is 0.202 e. The summed E-state index contributed by atoms with van der Waals surface area (Å²) in [5.74, 6) is 5.19. The van der Waals surface area contributed by atoms with Gasteiger partial charge in [-0.2, -0.15) is 0 Å². The molecule has 0 rings (SSSR count). The molecular weight excluding hydrogens is 200 g/mol. The lowest BCUT2D eigenvalue weighted by Gasteiger charge is -2.41. The molecule has 1 N–H and O–H groups in total. The Balaban J connectivity index is 5.38. The van der Waals surface area contributed by atoms with Crippen LogP contribution in [0.25, 0.3) is 0 Å². The molecule has 1 atom stereocenters. The number of ketones is 1. The van der Waals surface area contributed by atoms with Crippen LogP contribution in [0, 0.1) is 23.2 Å². The van der Waals surface area contributed by atoms with Gasteiger partial charge in [0.25, 0.3) is 0 Å². The standard InChI is InChI=1S/C14H24O2/c1-7-12(8-2)14(16,13(4,5)6)10-9-11(3)15/h12,16H,7-8H2,1-6H3. The highest BCUT2D eigenvalue weighted by Crippen LogP contribution is 2.39. The maximum atomic E-state index is 10.9. The second kappa shape index (κ2) is 5.50. The summed E-state index contributed by atoms with van der Waals surface area (Å²) in [6.07, 6.45) is 1.72. The number of hydrogen-bond donors (Lipinski definition) is 1. The molecule has 0 saturated carbocycles. The van der Waals surface area contributed by atoms with Gasteiger partial charge in [0, 0.05) is 12.3 Å². The topological polar surface area (TPSA) is 37.3 Å². The minimum absolute atomic E-state index is 0.0966. The SMILES string of the molecule is CCC(CC)C(O)(C#CC(C)=O)C(C)(C)C. The first-order chi connectivity index (χ1) is 7.19. The molecule has 1 unspecified atom stereocenters. The zero-order chi connectivity index (χ0) is 13.0. The predicted molar refractivity (Wildman–Crippen MR) is 66.9 cm³/mol. The second-order valence-corrected chi connectivity index (χ2v) is 5.34. The highest BCUT2D eigenvalue weighted by atomic mass is 16.3. The van der Waals surface area contributed by atoms with Crippen molar-refractivity contribution >= 4 is 5.78 Å². The minimum atomic E-state index is -1.10. The molecule has 0 fully saturated rings. The van der Waals surface area contributed by atoms with Crippen molar-refractivity contribution in [2.45, 2.75) is 60.0 Å². The number of carbonyl (C=O) groups is 1. The number of aliphatic hydroxyl groups is 1. The molecule has 0 aliphatic rings. The zero-order valence-corrected chi connectivity index (χ0v) is 11.3. The molecule has 0 aromatic rings. The van der Waals surface area contributed by atoms with Crippen molar-refractivity contribution in [3.63, 3.8) is 0 Å². The lowest BCUT2D eigenvalue weighted by Crippen LogP contribution is -2.48. The third kappa shape index (κ3) is 3.35. The van der Waals surface area contributed by atoms with Gasteiger partial charge in [0.1, 0.15) is 5.60 Å². The summed E-state index contributed by atoms with van der Waals surface area (Å²) in [7, 11) is 0. The summed E-state index contributed by atoms with van der Waals surface area (Å²) in [6.45, 7) is 11.4. The monoisotopic (exact) mass is 224 g/mol. The van der Waals surface area contributed by atoms with E-state index in [0.717, 1.165) is 12.8 Å². The first kappa shape index (κ1) is 15.2. The van der Waals surface area contributed by atoms with Gasteiger partial charge >= 0.3 is 0 Å². The number of hydrogen-bond acceptors (Lipinski definition) is 2. The van der Waals surface area contributed by atoms with Crippen LogP contribution >= 0.6 is 0 Å². The van der Waals surface area contributed by atoms with Crippen LogP contribution in [0.1, 0.15) is 54.4 Å². The van der Waals surface area contributed by atoms with E-state index in [1.165, 1.54) is 6.92 Å². The molecule has 0 aliphatic heterocycles. The molecule has 0 amide bonds. The van der Waals surface area contributed by atoms with Gasteiger partial charge in [-0.15, -0.1) is 0 Å². The Bertz CT molecular complexity index is 297. The Morgan fingerprint density at radius 3 is 1.94 bits per heavy atom. The van der Waals surface area contributed by atoms with Crippen LogP contribution in [0.5, 0.6) is 0 Å². The van der Waals surface area contributed by atoms with Gasteiger partial charge in [0.15, 0.2) is 0 Å². The van der Waals surface area contributed by atoms with Gasteiger partial charge in [-0.3, -0.25) is 4.79 Å². The van der Waals surface area contributed by atoms with Crippen molar-refractivity contribution in [2.75, 3.05) is 0 Å². The van der Waals surface area contributed by atoms with Crippen molar-refractivity contribution in [3.05, 3.63) is 0 Å². The van der Waals surface area contributed by atoms with Crippen LogP contribution in [0.2, 0.25) is 0 Å². The molecule has 0 radical (unpaired) electrons. The van der Waals surface area contributed by atoms with E-state index in [-0.39, 0.29) is 17.1 Å². The van der Waals surface area contributed by atoms with Gasteiger partial charge in [-0.1, -0.05) is 40.5 Å². The Labute approximate surface area is 99.4 Å². The largest absolute Gasteiger partial charge is 0.377 e. The van der Waals surface area contributed by atoms with Crippen LogP contribution < -0.4 is 0 Å². The fraction of sp³-hybridized carbons (Fsp3) is 0.786. The minimum Gasteiger partial charge on any atom is -0.377 e. The highest BCUT2D eigenvalue weighted by Gasteiger charge is 2.43. The fourth-order valence-corrected chi connectivity index (χ4v) is 1.96. The van der Waals surface area contributed by atoms with Gasteiger partial charge < -0.3 is 5.11 Å². The van der Waals surface area contributed by atoms with E-state index in [2.05, 4.69) is 11.8 Å². The molecule has 0 saturated heterocycles. The number of carbonyl (C=O) groups excluding carboxylic acids is 1. The predicted octanol–water partition coefficient (Wildman–Crippen LogP) is 2.79. The summed E-state index contributed by atoms with van der Waals surface area (Å²) in [4.78, 5) is 10.9. The molecule has 0 aromatic carbocycles. The Hall–Kier alpha value is -0.810. The summed E-state index contributed by atoms with van der Waals surface area (Å²) >= 11 is 0. The third-order valence-corrected chi connectivity index (χ3v) is 3.15. The van der Waals surface area contributed by atoms with Crippen LogP contribution in [0.4, 0.5) is 0 Å². The van der Waals surface area contributed by atoms with E-state index in [1.54, 1.807) is 0 Å². The first-order valence-corrected chi connectivity index (χ1v) is 5.95. The van der Waals surface area contributed by atoms with Crippen LogP contribution in [-0.2, 0) is 4.79 Å². The summed E-state index contributed by atoms with van der Waals surface area (Å²) in [5.41, 5.74) is -1.45. The molecule has 2 nitrogen and oxygen atoms in total. The summed E-state index contributed by atoms with van der Waals surface area (Å²) < 4.78 is 0. The molecule has 0 aliphatic carbocycles. The lowest BCUT2D eigenvalue weighted by atomic mass is 9.67. The number of Topliss-reactive ketones (excluding diaryl/α,β-unsaturated/α-hetero) is 1. The fourth-order valence-electron chi connectivity index (χ4n) is 1.96. The molecule has 2 heteroatoms. The van der Waals surface area contributed by atoms with Crippen molar-refractivity contribution in [2.24, 2.45) is 11.3 Å². The third-order valence-electron chi connectivity index (χ3n) is 3.15. The van der Waals surface area contributed by atoms with Crippen LogP contribution in [0.3, 0.4) is 0 Å². The molecular formula is C14H24O2. The normalized spacial score (nSPS) is 15.2. The number of rotatable bonds is 3. The van der Waals surface area contributed by atoms with Gasteiger partial charge in [-0.25, -0.2) is 0 Å². The molecule has 0 aromatic heterocycles. The summed E-state index contributed by atoms with van der Waals surface area (Å²) in [6, 6.07) is 0. The van der Waals surface area contributed by atoms with E-state index in [4.69, 9.17) is 0 Å². The average Bonchev–Trinajstić information content (AvgIpc) is 2.14. The van der Waals surface area contributed by atoms with Gasteiger partial charge in [0.2, 0.25) is 5.78 Å². The average molecular weight is 224 g/mol. The van der Waals surface area contributed by atoms with E-state index in [1.807, 2.05) is 34.6 Å². The molecule has 0 heterocycles. The van der Waals surface area contributed by atoms with Crippen LogP contribution in [0.15, 0.2) is 0 Å². The van der Waals surface area contributed by atoms with E-state index >= 15 is 0 Å². The summed E-state index contributed by atoms with van der Waals surface area (Å²) in [5, 5.41) is 10.7. The van der Waals surface area contributed by atoms with E-state index < -0.39 is 5.60 Å². The van der Waals surface area contributed by atoms with E-state index in [0.29, 0.717) is 0 Å². The van der Waals surface area contributed by atoms with Crippen molar-refractivity contribution in [1.29, 1.82) is 0 Å². The Kier molecular flexibility index (Phi) is 5.22. The van der Waals surface area contributed by atoms with Gasteiger partial charge in [0.05, 0.1) is 0 Å². The molecule has 16 heavy (non-hydrogen) atoms. The van der Waals surface area contributed by atoms with Crippen molar-refractivity contribution in [1.82, 2.24) is 0 Å². The van der Waals surface area contributed by atoms with E-state index in [9.17, 15) is 9.90 Å².